The molecule has 0 aliphatic carbocycles. The summed E-state index contributed by atoms with van der Waals surface area (Å²) in [5.41, 5.74) is 2.05. The molecule has 1 fully saturated rings. The third-order valence-electron chi connectivity index (χ3n) is 11.3. The number of carboxylic acids is 2. The molecule has 1 aliphatic rings. The number of aliphatic carboxylic acids is 1. The van der Waals surface area contributed by atoms with Gasteiger partial charge in [-0.05, 0) is 75.0 Å². The van der Waals surface area contributed by atoms with Crippen molar-refractivity contribution >= 4 is 47.3 Å². The van der Waals surface area contributed by atoms with Crippen LogP contribution in [0.1, 0.15) is 62.0 Å². The number of carboxylic acid groups (broad SMARTS) is 2. The van der Waals surface area contributed by atoms with E-state index in [2.05, 4.69) is 27.8 Å². The van der Waals surface area contributed by atoms with E-state index in [-0.39, 0.29) is 56.3 Å². The molecule has 0 spiro atoms. The summed E-state index contributed by atoms with van der Waals surface area (Å²) in [6.07, 6.45) is 0.787. The quantitative estimate of drug-likeness (QED) is 0.0718. The second-order valence-electron chi connectivity index (χ2n) is 16.4. The van der Waals surface area contributed by atoms with Crippen LogP contribution in [0.3, 0.4) is 0 Å². The lowest BCUT2D eigenvalue weighted by molar-refractivity contribution is -0.141. The number of piperazine rings is 1. The Balaban J connectivity index is 1.80. The van der Waals surface area contributed by atoms with Gasteiger partial charge in [0, 0.05) is 46.8 Å². The smallest absolute Gasteiger partial charge is 0.335 e. The monoisotopic (exact) mass is 907 g/mol. The third kappa shape index (κ3) is 16.7. The summed E-state index contributed by atoms with van der Waals surface area (Å²) >= 11 is 0. The summed E-state index contributed by atoms with van der Waals surface area (Å²) < 4.78 is 11.0. The van der Waals surface area contributed by atoms with Gasteiger partial charge >= 0.3 is 11.9 Å². The van der Waals surface area contributed by atoms with Crippen LogP contribution < -0.4 is 26.0 Å². The summed E-state index contributed by atoms with van der Waals surface area (Å²) in [6, 6.07) is 7.37. The minimum Gasteiger partial charge on any atom is -0.484 e. The first-order chi connectivity index (χ1) is 30.8. The van der Waals surface area contributed by atoms with Gasteiger partial charge in [-0.3, -0.25) is 38.5 Å². The summed E-state index contributed by atoms with van der Waals surface area (Å²) in [5.74, 6) is -5.12. The molecule has 0 saturated carbocycles. The molecule has 3 rings (SSSR count). The van der Waals surface area contributed by atoms with Crippen molar-refractivity contribution in [1.82, 2.24) is 36.0 Å². The predicted octanol–water partition coefficient (Wildman–Crippen LogP) is 0.895. The van der Waals surface area contributed by atoms with Crippen LogP contribution in [0.4, 0.5) is 0 Å². The van der Waals surface area contributed by atoms with Gasteiger partial charge in [0.25, 0.3) is 5.91 Å². The average Bonchev–Trinajstić information content (AvgIpc) is 3.27. The first-order valence-electron chi connectivity index (χ1n) is 21.5. The van der Waals surface area contributed by atoms with Crippen molar-refractivity contribution in [3.05, 3.63) is 77.4 Å². The van der Waals surface area contributed by atoms with E-state index < -0.39 is 71.7 Å². The number of hydrogen-bond acceptors (Lipinski definition) is 12. The molecule has 1 heterocycles. The summed E-state index contributed by atoms with van der Waals surface area (Å²) in [4.78, 5) is 109. The van der Waals surface area contributed by atoms with Gasteiger partial charge in [-0.25, -0.2) is 4.79 Å². The van der Waals surface area contributed by atoms with E-state index in [9.17, 15) is 43.5 Å². The van der Waals surface area contributed by atoms with E-state index in [4.69, 9.17) is 14.6 Å². The molecule has 356 valence electrons. The van der Waals surface area contributed by atoms with E-state index in [0.717, 1.165) is 0 Å². The highest BCUT2D eigenvalue weighted by molar-refractivity contribution is 5.96. The Morgan fingerprint density at radius 2 is 1.35 bits per heavy atom. The molecular weight excluding hydrogens is 843 g/mol. The lowest BCUT2D eigenvalue weighted by Crippen LogP contribution is -2.61. The fourth-order valence-corrected chi connectivity index (χ4v) is 7.21. The molecule has 65 heavy (non-hydrogen) atoms. The maximum absolute atomic E-state index is 14.3. The van der Waals surface area contributed by atoms with Crippen molar-refractivity contribution < 1.29 is 58.0 Å². The van der Waals surface area contributed by atoms with Crippen LogP contribution in [-0.4, -0.2) is 170 Å². The molecule has 0 bridgehead atoms. The number of nitrogens with one attached hydrogen (secondary N) is 4. The van der Waals surface area contributed by atoms with E-state index in [0.29, 0.717) is 55.0 Å². The zero-order valence-corrected chi connectivity index (χ0v) is 38.4. The molecule has 19 nitrogen and oxygen atoms in total. The van der Waals surface area contributed by atoms with Gasteiger partial charge in [0.1, 0.15) is 23.9 Å². The zero-order chi connectivity index (χ0) is 48.4. The number of methoxy groups -OCH3 is 1. The van der Waals surface area contributed by atoms with Gasteiger partial charge in [0.05, 0.1) is 30.8 Å². The third-order valence-corrected chi connectivity index (χ3v) is 11.3. The molecule has 0 aromatic heterocycles. The molecule has 2 aromatic carbocycles. The molecular formula is C46H65N7O12. The Hall–Kier alpha value is -6.18. The highest BCUT2D eigenvalue weighted by atomic mass is 16.5. The zero-order valence-electron chi connectivity index (χ0n) is 38.4. The number of rotatable bonds is 26. The van der Waals surface area contributed by atoms with Crippen LogP contribution >= 0.6 is 0 Å². The number of nitrogens with zero attached hydrogens (tertiary/aromatic N) is 3. The molecule has 6 atom stereocenters. The summed E-state index contributed by atoms with van der Waals surface area (Å²) in [6.45, 7) is 11.6. The Bertz CT molecular complexity index is 1990. The van der Waals surface area contributed by atoms with Crippen molar-refractivity contribution in [3.63, 3.8) is 0 Å². The van der Waals surface area contributed by atoms with Gasteiger partial charge in [0.15, 0.2) is 12.4 Å². The molecule has 2 aromatic rings. The molecule has 1 aliphatic heterocycles. The lowest BCUT2D eigenvalue weighted by atomic mass is 9.96. The minimum atomic E-state index is -1.23. The number of carbonyl (C=O) groups is 8. The fourth-order valence-electron chi connectivity index (χ4n) is 7.21. The molecule has 5 unspecified atom stereocenters. The van der Waals surface area contributed by atoms with Crippen molar-refractivity contribution in [2.75, 3.05) is 67.1 Å². The Labute approximate surface area is 380 Å². The summed E-state index contributed by atoms with van der Waals surface area (Å²) in [7, 11) is 4.40. The molecule has 5 amide bonds. The number of aromatic carboxylic acids is 1. The average molecular weight is 908 g/mol. The first-order valence-corrected chi connectivity index (χ1v) is 21.5. The van der Waals surface area contributed by atoms with E-state index in [1.807, 2.05) is 6.92 Å². The highest BCUT2D eigenvalue weighted by Crippen LogP contribution is 2.18. The van der Waals surface area contributed by atoms with Gasteiger partial charge in [-0.15, -0.1) is 6.58 Å². The van der Waals surface area contributed by atoms with Gasteiger partial charge in [-0.2, -0.15) is 0 Å². The second kappa shape index (κ2) is 25.9. The fraction of sp³-hybridized carbons (Fsp3) is 0.522. The predicted molar refractivity (Wildman–Crippen MR) is 240 cm³/mol. The number of ether oxygens (including phenoxy) is 2. The van der Waals surface area contributed by atoms with Crippen molar-refractivity contribution in [1.29, 1.82) is 0 Å². The largest absolute Gasteiger partial charge is 0.484 e. The lowest BCUT2D eigenvalue weighted by Gasteiger charge is -2.33. The minimum absolute atomic E-state index is 0.0274. The maximum atomic E-state index is 14.3. The van der Waals surface area contributed by atoms with Crippen LogP contribution in [0, 0.1) is 5.92 Å². The number of ketones is 1. The molecule has 0 radical (unpaired) electrons. The normalized spacial score (nSPS) is 15.5. The van der Waals surface area contributed by atoms with Crippen molar-refractivity contribution in [2.45, 2.75) is 83.6 Å². The van der Waals surface area contributed by atoms with Gasteiger partial charge < -0.3 is 50.8 Å². The number of amides is 5. The number of Topliss-reactive ketones (excluding diaryl/α,β-unsaturated/α-hetero) is 1. The van der Waals surface area contributed by atoms with Crippen LogP contribution in [0.5, 0.6) is 5.75 Å². The van der Waals surface area contributed by atoms with E-state index >= 15 is 0 Å². The second-order valence-corrected chi connectivity index (χ2v) is 16.4. The standard InChI is InChI=1S/C46H65N7O12/c1-9-29(4)41(50-43(59)37(26-64-8)49-42(58)35(47-6)23-31-10-14-33(15-11-31)46(62)63)44(60)48-36(45(61)51(7)38(30(5)54)22-28(2)3)24-32-12-16-34(17-13-32)65-27-39(55)53-20-18-52(19-21-53)25-40(56)57/h10-17,29,35-38,41,47H,2,9,18-27H2,1,3-8H3,(H,48,60)(H,49,58)(H,50,59)(H,56,57)(H,62,63)/t29-,35?,36?,37?,38?,41?/m0/s1. The number of hydrogen-bond donors (Lipinski definition) is 6. The Morgan fingerprint density at radius 3 is 1.86 bits per heavy atom. The van der Waals surface area contributed by atoms with Crippen LogP contribution in [0.25, 0.3) is 0 Å². The Morgan fingerprint density at radius 1 is 0.800 bits per heavy atom. The summed E-state index contributed by atoms with van der Waals surface area (Å²) in [5, 5.41) is 29.5. The van der Waals surface area contributed by atoms with E-state index in [1.54, 1.807) is 67.1 Å². The van der Waals surface area contributed by atoms with Crippen LogP contribution in [-0.2, 0) is 51.1 Å². The number of likely N-dealkylation sites (N-methyl/N-ethyl adjacent to an activating group) is 2. The van der Waals surface area contributed by atoms with Crippen LogP contribution in [0.15, 0.2) is 60.7 Å². The highest BCUT2D eigenvalue weighted by Gasteiger charge is 2.36. The molecule has 1 saturated heterocycles. The van der Waals surface area contributed by atoms with Gasteiger partial charge in [-0.1, -0.05) is 50.1 Å². The SMILES string of the molecule is C=C(C)CC(C(C)=O)N(C)C(=O)C(Cc1ccc(OCC(=O)N2CCN(CC(=O)O)CC2)cc1)NC(=O)C(NC(=O)C(COC)NC(=O)C(Cc1ccc(C(=O)O)cc1)NC)[C@@H](C)CC. The maximum Gasteiger partial charge on any atom is 0.335 e. The van der Waals surface area contributed by atoms with E-state index in [1.165, 1.54) is 38.1 Å². The Kier molecular flexibility index (Phi) is 21.2. The molecule has 6 N–H and O–H groups in total. The first kappa shape index (κ1) is 53.2. The number of carbonyl (C=O) groups excluding carboxylic acids is 6. The topological polar surface area (TPSA) is 253 Å². The van der Waals surface area contributed by atoms with Crippen molar-refractivity contribution in [3.8, 4) is 5.75 Å². The number of benzene rings is 2. The van der Waals surface area contributed by atoms with Crippen LogP contribution in [0.2, 0.25) is 0 Å². The van der Waals surface area contributed by atoms with Gasteiger partial charge in [0.2, 0.25) is 23.6 Å². The molecule has 19 heteroatoms. The van der Waals surface area contributed by atoms with Crippen molar-refractivity contribution in [2.24, 2.45) is 5.92 Å².